The van der Waals surface area contributed by atoms with E-state index in [1.165, 1.54) is 66.0 Å². The molecule has 0 bridgehead atoms. The van der Waals surface area contributed by atoms with Crippen LogP contribution in [0, 0.1) is 0 Å². The van der Waals surface area contributed by atoms with Crippen LogP contribution in [0.1, 0.15) is 0 Å². The maximum absolute atomic E-state index is 2.40. The molecule has 2 nitrogen and oxygen atoms in total. The van der Waals surface area contributed by atoms with E-state index in [0.717, 1.165) is 22.7 Å². The molecule has 0 fully saturated rings. The number of nitrogens with zero attached hydrogens (tertiary/aromatic N) is 2. The molecule has 0 radical (unpaired) electrons. The van der Waals surface area contributed by atoms with E-state index in [0.29, 0.717) is 0 Å². The van der Waals surface area contributed by atoms with Gasteiger partial charge in [-0.1, -0.05) is 164 Å². The fourth-order valence-electron chi connectivity index (χ4n) is 7.93. The number of aromatic nitrogens is 1. The van der Waals surface area contributed by atoms with Crippen LogP contribution < -0.4 is 4.90 Å². The summed E-state index contributed by atoms with van der Waals surface area (Å²) in [7, 11) is 0. The highest BCUT2D eigenvalue weighted by Crippen LogP contribution is 2.41. The molecular weight excluding hydrogens is 653 g/mol. The summed E-state index contributed by atoms with van der Waals surface area (Å²) < 4.78 is 2.40. The minimum atomic E-state index is 1.11. The molecule has 10 aromatic rings. The van der Waals surface area contributed by atoms with E-state index < -0.39 is 0 Å². The summed E-state index contributed by atoms with van der Waals surface area (Å²) in [5, 5.41) is 4.94. The van der Waals surface area contributed by atoms with Gasteiger partial charge in [0.2, 0.25) is 0 Å². The van der Waals surface area contributed by atoms with E-state index in [2.05, 4.69) is 228 Å². The zero-order valence-electron chi connectivity index (χ0n) is 29.7. The number of hydrogen-bond donors (Lipinski definition) is 0. The zero-order chi connectivity index (χ0) is 35.8. The molecule has 0 saturated heterocycles. The van der Waals surface area contributed by atoms with Crippen molar-refractivity contribution in [1.82, 2.24) is 4.57 Å². The lowest BCUT2D eigenvalue weighted by atomic mass is 10.0. The highest BCUT2D eigenvalue weighted by Gasteiger charge is 2.17. The van der Waals surface area contributed by atoms with Gasteiger partial charge in [-0.2, -0.15) is 0 Å². The third-order valence-electron chi connectivity index (χ3n) is 10.6. The number of hydrogen-bond acceptors (Lipinski definition) is 1. The van der Waals surface area contributed by atoms with Crippen LogP contribution in [0.3, 0.4) is 0 Å². The first-order valence-corrected chi connectivity index (χ1v) is 18.5. The van der Waals surface area contributed by atoms with Gasteiger partial charge >= 0.3 is 0 Å². The van der Waals surface area contributed by atoms with Crippen LogP contribution in [-0.2, 0) is 0 Å². The lowest BCUT2D eigenvalue weighted by Crippen LogP contribution is -2.10. The summed E-state index contributed by atoms with van der Waals surface area (Å²) in [5.74, 6) is 0. The summed E-state index contributed by atoms with van der Waals surface area (Å²) in [6.45, 7) is 0. The Kier molecular flexibility index (Phi) is 7.85. The van der Waals surface area contributed by atoms with E-state index in [4.69, 9.17) is 0 Å². The van der Waals surface area contributed by atoms with E-state index in [9.17, 15) is 0 Å². The molecular formula is C52H36N2. The van der Waals surface area contributed by atoms with E-state index in [-0.39, 0.29) is 0 Å². The number of para-hydroxylation sites is 1. The van der Waals surface area contributed by atoms with Crippen LogP contribution in [0.5, 0.6) is 0 Å². The Morgan fingerprint density at radius 3 is 1.41 bits per heavy atom. The van der Waals surface area contributed by atoms with Crippen molar-refractivity contribution in [2.24, 2.45) is 0 Å². The van der Waals surface area contributed by atoms with Crippen molar-refractivity contribution in [2.45, 2.75) is 0 Å². The largest absolute Gasteiger partial charge is 0.310 e. The second-order valence-electron chi connectivity index (χ2n) is 13.8. The maximum atomic E-state index is 2.40. The number of fused-ring (bicyclic) bond motifs is 4. The van der Waals surface area contributed by atoms with Crippen LogP contribution in [0.15, 0.2) is 218 Å². The standard InChI is InChI=1S/C52H36N2/c1-3-12-37(13-4-1)39-22-29-44(30-23-39)53(50-21-11-17-42-16-7-8-18-47(42)50)45-31-26-41(27-32-45)43-28-35-49-48-19-9-10-20-51(48)54(52(49)36-43)46-33-24-40(25-34-46)38-14-5-2-6-15-38/h1-36H. The van der Waals surface area contributed by atoms with E-state index in [1.54, 1.807) is 0 Å². The van der Waals surface area contributed by atoms with Crippen LogP contribution >= 0.6 is 0 Å². The third-order valence-corrected chi connectivity index (χ3v) is 10.6. The fourth-order valence-corrected chi connectivity index (χ4v) is 7.93. The minimum Gasteiger partial charge on any atom is -0.310 e. The van der Waals surface area contributed by atoms with Crippen LogP contribution in [0.2, 0.25) is 0 Å². The third kappa shape index (κ3) is 5.62. The average molecular weight is 689 g/mol. The predicted molar refractivity (Wildman–Crippen MR) is 229 cm³/mol. The molecule has 0 aliphatic heterocycles. The second kappa shape index (κ2) is 13.4. The molecule has 2 heteroatoms. The van der Waals surface area contributed by atoms with E-state index >= 15 is 0 Å². The summed E-state index contributed by atoms with van der Waals surface area (Å²) in [4.78, 5) is 2.38. The Balaban J connectivity index is 1.06. The smallest absolute Gasteiger partial charge is 0.0547 e. The van der Waals surface area contributed by atoms with Crippen LogP contribution in [-0.4, -0.2) is 4.57 Å². The van der Waals surface area contributed by atoms with E-state index in [1.807, 2.05) is 0 Å². The van der Waals surface area contributed by atoms with Gasteiger partial charge in [-0.3, -0.25) is 0 Å². The van der Waals surface area contributed by atoms with Crippen molar-refractivity contribution in [2.75, 3.05) is 4.90 Å². The molecule has 254 valence electrons. The molecule has 1 heterocycles. The second-order valence-corrected chi connectivity index (χ2v) is 13.8. The number of rotatable bonds is 7. The first-order chi connectivity index (χ1) is 26.8. The monoisotopic (exact) mass is 688 g/mol. The molecule has 0 saturated carbocycles. The highest BCUT2D eigenvalue weighted by atomic mass is 15.1. The lowest BCUT2D eigenvalue weighted by molar-refractivity contribution is 1.18. The summed E-state index contributed by atoms with van der Waals surface area (Å²) >= 11 is 0. The molecule has 10 rings (SSSR count). The van der Waals surface area contributed by atoms with Gasteiger partial charge in [-0.05, 0) is 93.4 Å². The van der Waals surface area contributed by atoms with Crippen molar-refractivity contribution in [3.63, 3.8) is 0 Å². The number of anilines is 3. The van der Waals surface area contributed by atoms with Gasteiger partial charge < -0.3 is 9.47 Å². The Hall–Kier alpha value is -7.16. The molecule has 0 aliphatic carbocycles. The SMILES string of the molecule is c1ccc(-c2ccc(N(c3ccc(-c4ccc5c6ccccc6n(-c6ccc(-c7ccccc7)cc6)c5c4)cc3)c3cccc4ccccc34)cc2)cc1. The fraction of sp³-hybridized carbons (Fsp3) is 0. The van der Waals surface area contributed by atoms with Crippen molar-refractivity contribution < 1.29 is 0 Å². The van der Waals surface area contributed by atoms with Crippen molar-refractivity contribution in [3.8, 4) is 39.1 Å². The van der Waals surface area contributed by atoms with Crippen molar-refractivity contribution in [3.05, 3.63) is 218 Å². The van der Waals surface area contributed by atoms with Gasteiger partial charge in [0.1, 0.15) is 0 Å². The molecule has 0 unspecified atom stereocenters. The van der Waals surface area contributed by atoms with Gasteiger partial charge in [0.05, 0.1) is 16.7 Å². The zero-order valence-corrected chi connectivity index (χ0v) is 29.7. The van der Waals surface area contributed by atoms with Crippen molar-refractivity contribution >= 4 is 49.6 Å². The van der Waals surface area contributed by atoms with Crippen molar-refractivity contribution in [1.29, 1.82) is 0 Å². The molecule has 9 aromatic carbocycles. The van der Waals surface area contributed by atoms with Gasteiger partial charge in [0, 0.05) is 33.2 Å². The van der Waals surface area contributed by atoms with Gasteiger partial charge in [-0.25, -0.2) is 0 Å². The molecule has 54 heavy (non-hydrogen) atoms. The lowest BCUT2D eigenvalue weighted by Gasteiger charge is -2.27. The number of benzene rings is 9. The Morgan fingerprint density at radius 2 is 0.759 bits per heavy atom. The van der Waals surface area contributed by atoms with Gasteiger partial charge in [0.15, 0.2) is 0 Å². The maximum Gasteiger partial charge on any atom is 0.0547 e. The van der Waals surface area contributed by atoms with Crippen LogP contribution in [0.25, 0.3) is 71.6 Å². The predicted octanol–water partition coefficient (Wildman–Crippen LogP) is 14.4. The normalized spacial score (nSPS) is 11.3. The summed E-state index contributed by atoms with van der Waals surface area (Å²) in [5.41, 5.74) is 14.1. The Labute approximate surface area is 315 Å². The van der Waals surface area contributed by atoms with Crippen LogP contribution in [0.4, 0.5) is 17.1 Å². The molecule has 0 spiro atoms. The Morgan fingerprint density at radius 1 is 0.296 bits per heavy atom. The van der Waals surface area contributed by atoms with Gasteiger partial charge in [0.25, 0.3) is 0 Å². The first kappa shape index (κ1) is 31.6. The average Bonchev–Trinajstić information content (AvgIpc) is 3.59. The van der Waals surface area contributed by atoms with Gasteiger partial charge in [-0.15, -0.1) is 0 Å². The summed E-state index contributed by atoms with van der Waals surface area (Å²) in [6, 6.07) is 78.8. The molecule has 0 N–H and O–H groups in total. The molecule has 0 atom stereocenters. The Bertz CT molecular complexity index is 2880. The summed E-state index contributed by atoms with van der Waals surface area (Å²) in [6.07, 6.45) is 0. The first-order valence-electron chi connectivity index (χ1n) is 18.5. The molecule has 0 amide bonds. The molecule has 1 aromatic heterocycles. The topological polar surface area (TPSA) is 8.17 Å². The quantitative estimate of drug-likeness (QED) is 0.162. The highest BCUT2D eigenvalue weighted by molar-refractivity contribution is 6.10. The molecule has 0 aliphatic rings. The minimum absolute atomic E-state index is 1.11.